The van der Waals surface area contributed by atoms with Crippen molar-refractivity contribution >= 4 is 17.3 Å². The van der Waals surface area contributed by atoms with Crippen LogP contribution in [-0.2, 0) is 18.2 Å². The maximum atomic E-state index is 5.56. The Morgan fingerprint density at radius 3 is 2.70 bits per heavy atom. The van der Waals surface area contributed by atoms with E-state index in [4.69, 9.17) is 9.73 Å². The highest BCUT2D eigenvalue weighted by Gasteiger charge is 2.23. The van der Waals surface area contributed by atoms with Gasteiger partial charge in [0.1, 0.15) is 0 Å². The van der Waals surface area contributed by atoms with Gasteiger partial charge >= 0.3 is 0 Å². The third kappa shape index (κ3) is 5.83. The molecule has 2 N–H and O–H groups in total. The minimum atomic E-state index is 0.257. The molecule has 7 nitrogen and oxygen atoms in total. The molecular formula is C22H36N6OS. The summed E-state index contributed by atoms with van der Waals surface area (Å²) in [5.74, 6) is 0.874. The topological polar surface area (TPSA) is 66.7 Å². The molecule has 8 heteroatoms. The minimum absolute atomic E-state index is 0.257. The summed E-state index contributed by atoms with van der Waals surface area (Å²) < 4.78 is 7.52. The van der Waals surface area contributed by atoms with Gasteiger partial charge in [0.05, 0.1) is 31.5 Å². The van der Waals surface area contributed by atoms with Crippen molar-refractivity contribution < 1.29 is 4.74 Å². The molecule has 0 bridgehead atoms. The van der Waals surface area contributed by atoms with Crippen molar-refractivity contribution in [3.05, 3.63) is 39.3 Å². The van der Waals surface area contributed by atoms with Crippen LogP contribution in [0.5, 0.6) is 0 Å². The second-order valence-corrected chi connectivity index (χ2v) is 8.90. The molecule has 0 aromatic carbocycles. The minimum Gasteiger partial charge on any atom is -0.379 e. The molecule has 2 atom stereocenters. The lowest BCUT2D eigenvalue weighted by molar-refractivity contribution is 0.0186. The van der Waals surface area contributed by atoms with Gasteiger partial charge in [-0.05, 0) is 51.1 Å². The molecule has 0 saturated carbocycles. The summed E-state index contributed by atoms with van der Waals surface area (Å²) in [6, 6.07) is 4.90. The van der Waals surface area contributed by atoms with E-state index in [9.17, 15) is 0 Å². The Kier molecular flexibility index (Phi) is 8.30. The summed E-state index contributed by atoms with van der Waals surface area (Å²) in [4.78, 5) is 8.84. The Hall–Kier alpha value is -1.90. The van der Waals surface area contributed by atoms with Gasteiger partial charge in [0, 0.05) is 43.3 Å². The van der Waals surface area contributed by atoms with Crippen molar-refractivity contribution in [2.75, 3.05) is 39.4 Å². The second kappa shape index (κ2) is 10.9. The van der Waals surface area contributed by atoms with Gasteiger partial charge in [0.2, 0.25) is 0 Å². The number of guanidine groups is 1. The molecule has 0 amide bonds. The zero-order chi connectivity index (χ0) is 21.5. The SMILES string of the molecule is CCNC(=NCC(c1cccs1)N1CCOCC1)NC(C)Cc1c(C)nn(C)c1C. The van der Waals surface area contributed by atoms with Crippen LogP contribution in [0.2, 0.25) is 0 Å². The van der Waals surface area contributed by atoms with E-state index in [1.54, 1.807) is 0 Å². The Morgan fingerprint density at radius 2 is 2.10 bits per heavy atom. The largest absolute Gasteiger partial charge is 0.379 e. The van der Waals surface area contributed by atoms with E-state index < -0.39 is 0 Å². The van der Waals surface area contributed by atoms with Crippen molar-refractivity contribution in [1.29, 1.82) is 0 Å². The van der Waals surface area contributed by atoms with Crippen LogP contribution in [0.4, 0.5) is 0 Å². The molecule has 30 heavy (non-hydrogen) atoms. The lowest BCUT2D eigenvalue weighted by Crippen LogP contribution is -2.44. The number of hydrogen-bond acceptors (Lipinski definition) is 5. The van der Waals surface area contributed by atoms with Gasteiger partial charge in [0.25, 0.3) is 0 Å². The predicted octanol–water partition coefficient (Wildman–Crippen LogP) is 2.66. The summed E-state index contributed by atoms with van der Waals surface area (Å²) in [6.07, 6.45) is 0.924. The van der Waals surface area contributed by atoms with E-state index in [1.165, 1.54) is 16.1 Å². The first-order valence-electron chi connectivity index (χ1n) is 10.9. The summed E-state index contributed by atoms with van der Waals surface area (Å²) in [5, 5.41) is 13.7. The highest BCUT2D eigenvalue weighted by molar-refractivity contribution is 7.10. The van der Waals surface area contributed by atoms with Crippen LogP contribution in [-0.4, -0.2) is 66.1 Å². The standard InChI is InChI=1S/C22H36N6OS/c1-6-23-22(25-16(2)14-19-17(3)26-27(5)18(19)4)24-15-20(21-8-7-13-30-21)28-9-11-29-12-10-28/h7-8,13,16,20H,6,9-12,14-15H2,1-5H3,(H2,23,24,25). The molecule has 1 aliphatic rings. The van der Waals surface area contributed by atoms with Crippen LogP contribution in [0.25, 0.3) is 0 Å². The Bertz CT molecular complexity index is 810. The average Bonchev–Trinajstić information content (AvgIpc) is 3.34. The predicted molar refractivity (Wildman–Crippen MR) is 124 cm³/mol. The lowest BCUT2D eigenvalue weighted by atomic mass is 10.1. The van der Waals surface area contributed by atoms with Crippen LogP contribution in [0, 0.1) is 13.8 Å². The molecule has 3 rings (SSSR count). The van der Waals surface area contributed by atoms with Gasteiger partial charge in [-0.25, -0.2) is 0 Å². The molecular weight excluding hydrogens is 396 g/mol. The highest BCUT2D eigenvalue weighted by Crippen LogP contribution is 2.26. The normalized spacial score (nSPS) is 17.7. The number of thiophene rings is 1. The summed E-state index contributed by atoms with van der Waals surface area (Å²) in [6.45, 7) is 13.6. The maximum absolute atomic E-state index is 5.56. The maximum Gasteiger partial charge on any atom is 0.191 e. The molecule has 0 radical (unpaired) electrons. The summed E-state index contributed by atoms with van der Waals surface area (Å²) >= 11 is 1.81. The quantitative estimate of drug-likeness (QED) is 0.496. The van der Waals surface area contributed by atoms with E-state index in [1.807, 2.05) is 23.1 Å². The van der Waals surface area contributed by atoms with Gasteiger partial charge in [0.15, 0.2) is 5.96 Å². The lowest BCUT2D eigenvalue weighted by Gasteiger charge is -2.33. The molecule has 1 aliphatic heterocycles. The highest BCUT2D eigenvalue weighted by atomic mass is 32.1. The molecule has 166 valence electrons. The van der Waals surface area contributed by atoms with Crippen molar-refractivity contribution in [2.24, 2.45) is 12.0 Å². The number of aliphatic imine (C=N–C) groups is 1. The van der Waals surface area contributed by atoms with Gasteiger partial charge in [-0.2, -0.15) is 5.10 Å². The van der Waals surface area contributed by atoms with E-state index in [-0.39, 0.29) is 6.04 Å². The number of morpholine rings is 1. The molecule has 2 aromatic rings. The fourth-order valence-corrected chi connectivity index (χ4v) is 4.81. The summed E-state index contributed by atoms with van der Waals surface area (Å²) in [7, 11) is 2.01. The molecule has 2 aromatic heterocycles. The van der Waals surface area contributed by atoms with Crippen LogP contribution in [0.1, 0.15) is 41.7 Å². The first-order valence-corrected chi connectivity index (χ1v) is 11.8. The molecule has 1 fully saturated rings. The van der Waals surface area contributed by atoms with Gasteiger partial charge in [-0.15, -0.1) is 11.3 Å². The van der Waals surface area contributed by atoms with E-state index in [0.717, 1.165) is 57.5 Å². The second-order valence-electron chi connectivity index (χ2n) is 7.92. The van der Waals surface area contributed by atoms with Crippen LogP contribution in [0.3, 0.4) is 0 Å². The van der Waals surface area contributed by atoms with Gasteiger partial charge in [-0.3, -0.25) is 14.6 Å². The van der Waals surface area contributed by atoms with Gasteiger partial charge in [-0.1, -0.05) is 6.07 Å². The third-order valence-electron chi connectivity index (χ3n) is 5.68. The fourth-order valence-electron chi connectivity index (χ4n) is 3.96. The Labute approximate surface area is 184 Å². The van der Waals surface area contributed by atoms with E-state index in [2.05, 4.69) is 65.8 Å². The Balaban J connectivity index is 1.68. The number of nitrogens with one attached hydrogen (secondary N) is 2. The van der Waals surface area contributed by atoms with Crippen molar-refractivity contribution in [2.45, 2.75) is 46.2 Å². The first kappa shape index (κ1) is 22.8. The van der Waals surface area contributed by atoms with E-state index in [0.29, 0.717) is 6.04 Å². The van der Waals surface area contributed by atoms with Crippen LogP contribution in [0.15, 0.2) is 22.5 Å². The Morgan fingerprint density at radius 1 is 1.33 bits per heavy atom. The molecule has 2 unspecified atom stereocenters. The van der Waals surface area contributed by atoms with Crippen LogP contribution < -0.4 is 10.6 Å². The first-order chi connectivity index (χ1) is 14.5. The van der Waals surface area contributed by atoms with Crippen molar-refractivity contribution in [3.8, 4) is 0 Å². The zero-order valence-corrected chi connectivity index (χ0v) is 19.8. The molecule has 0 aliphatic carbocycles. The number of rotatable bonds is 8. The number of hydrogen-bond donors (Lipinski definition) is 2. The van der Waals surface area contributed by atoms with Gasteiger partial charge < -0.3 is 15.4 Å². The number of nitrogens with zero attached hydrogens (tertiary/aromatic N) is 4. The molecule has 1 saturated heterocycles. The average molecular weight is 433 g/mol. The zero-order valence-electron chi connectivity index (χ0n) is 18.9. The van der Waals surface area contributed by atoms with E-state index >= 15 is 0 Å². The summed E-state index contributed by atoms with van der Waals surface area (Å²) in [5.41, 5.74) is 3.65. The number of aromatic nitrogens is 2. The van der Waals surface area contributed by atoms with Crippen molar-refractivity contribution in [3.63, 3.8) is 0 Å². The number of ether oxygens (including phenoxy) is 1. The smallest absolute Gasteiger partial charge is 0.191 e. The monoisotopic (exact) mass is 432 g/mol. The van der Waals surface area contributed by atoms with Crippen LogP contribution >= 0.6 is 11.3 Å². The van der Waals surface area contributed by atoms with Crippen molar-refractivity contribution in [1.82, 2.24) is 25.3 Å². The number of aryl methyl sites for hydroxylation is 2. The molecule has 0 spiro atoms. The third-order valence-corrected chi connectivity index (χ3v) is 6.65. The fraction of sp³-hybridized carbons (Fsp3) is 0.636. The molecule has 3 heterocycles.